The van der Waals surface area contributed by atoms with Gasteiger partial charge >= 0.3 is 0 Å². The number of carbonyl (C=O) groups excluding carboxylic acids is 1. The predicted octanol–water partition coefficient (Wildman–Crippen LogP) is 2.28. The molecule has 1 aliphatic heterocycles. The van der Waals surface area contributed by atoms with Crippen molar-refractivity contribution in [3.05, 3.63) is 29.3 Å². The smallest absolute Gasteiger partial charge is 0.222 e. The van der Waals surface area contributed by atoms with Gasteiger partial charge in [0.25, 0.3) is 0 Å². The van der Waals surface area contributed by atoms with Crippen molar-refractivity contribution in [2.24, 2.45) is 0 Å². The molecule has 2 unspecified atom stereocenters. The van der Waals surface area contributed by atoms with E-state index in [2.05, 4.69) is 37.4 Å². The van der Waals surface area contributed by atoms with Crippen LogP contribution in [0.4, 0.5) is 0 Å². The molecule has 1 amide bonds. The number of carbonyl (C=O) groups is 1. The molecule has 1 aromatic carbocycles. The number of hydrogen-bond acceptors (Lipinski definition) is 3. The van der Waals surface area contributed by atoms with Gasteiger partial charge in [-0.3, -0.25) is 4.79 Å². The van der Waals surface area contributed by atoms with Gasteiger partial charge < -0.3 is 15.0 Å². The van der Waals surface area contributed by atoms with E-state index in [9.17, 15) is 4.79 Å². The summed E-state index contributed by atoms with van der Waals surface area (Å²) in [4.78, 5) is 13.3. The van der Waals surface area contributed by atoms with Crippen LogP contribution in [-0.2, 0) is 4.79 Å². The summed E-state index contributed by atoms with van der Waals surface area (Å²) >= 11 is 0. The maximum absolute atomic E-state index is 11.5. The number of nitrogens with one attached hydrogen (secondary N) is 1. The van der Waals surface area contributed by atoms with Crippen molar-refractivity contribution in [1.82, 2.24) is 10.2 Å². The summed E-state index contributed by atoms with van der Waals surface area (Å²) < 4.78 is 5.47. The lowest BCUT2D eigenvalue weighted by atomic mass is 10.0. The van der Waals surface area contributed by atoms with Crippen molar-refractivity contribution in [2.75, 3.05) is 20.7 Å². The van der Waals surface area contributed by atoms with E-state index in [0.717, 1.165) is 24.3 Å². The third kappa shape index (κ3) is 3.31. The number of likely N-dealkylation sites (N-methyl/N-ethyl adjacent to an activating group) is 1. The molecule has 2 atom stereocenters. The van der Waals surface area contributed by atoms with Crippen LogP contribution in [-0.4, -0.2) is 37.6 Å². The maximum atomic E-state index is 11.5. The average Bonchev–Trinajstić information content (AvgIpc) is 2.42. The Bertz CT molecular complexity index is 487. The molecule has 1 aromatic rings. The average molecular weight is 276 g/mol. The second kappa shape index (κ2) is 6.27. The van der Waals surface area contributed by atoms with E-state index < -0.39 is 0 Å². The molecule has 1 saturated heterocycles. The van der Waals surface area contributed by atoms with Crippen molar-refractivity contribution in [3.8, 4) is 5.75 Å². The first-order valence-electron chi connectivity index (χ1n) is 7.16. The number of hydrogen-bond donors (Lipinski definition) is 1. The lowest BCUT2D eigenvalue weighted by molar-refractivity contribution is -0.132. The van der Waals surface area contributed by atoms with Crippen LogP contribution in [0.15, 0.2) is 18.2 Å². The molecule has 0 aromatic heterocycles. The topological polar surface area (TPSA) is 41.6 Å². The van der Waals surface area contributed by atoms with E-state index in [4.69, 9.17) is 4.74 Å². The number of piperidine rings is 1. The Hall–Kier alpha value is -1.55. The van der Waals surface area contributed by atoms with Gasteiger partial charge in [-0.15, -0.1) is 0 Å². The first-order valence-corrected chi connectivity index (χ1v) is 7.16. The van der Waals surface area contributed by atoms with Gasteiger partial charge in [-0.2, -0.15) is 0 Å². The molecule has 110 valence electrons. The summed E-state index contributed by atoms with van der Waals surface area (Å²) in [5.41, 5.74) is 2.36. The molecule has 1 aliphatic rings. The first kappa shape index (κ1) is 14.9. The predicted molar refractivity (Wildman–Crippen MR) is 79.9 cm³/mol. The highest BCUT2D eigenvalue weighted by atomic mass is 16.5. The fourth-order valence-electron chi connectivity index (χ4n) is 2.77. The maximum Gasteiger partial charge on any atom is 0.222 e. The number of aryl methyl sites for hydroxylation is 1. The molecule has 0 spiro atoms. The van der Waals surface area contributed by atoms with Crippen molar-refractivity contribution in [3.63, 3.8) is 0 Å². The normalized spacial score (nSPS) is 20.9. The summed E-state index contributed by atoms with van der Waals surface area (Å²) in [7, 11) is 3.57. The molecule has 0 radical (unpaired) electrons. The molecular weight excluding hydrogens is 252 g/mol. The minimum atomic E-state index is 0.206. The minimum absolute atomic E-state index is 0.206. The number of methoxy groups -OCH3 is 1. The summed E-state index contributed by atoms with van der Waals surface area (Å²) in [5.74, 6) is 1.16. The number of amides is 1. The summed E-state index contributed by atoms with van der Waals surface area (Å²) in [6.07, 6.45) is 1.54. The Morgan fingerprint density at radius 3 is 2.85 bits per heavy atom. The fourth-order valence-corrected chi connectivity index (χ4v) is 2.77. The number of rotatable bonds is 4. The second-order valence-electron chi connectivity index (χ2n) is 5.64. The number of likely N-dealkylation sites (tertiary alicyclic amines) is 1. The van der Waals surface area contributed by atoms with Crippen LogP contribution < -0.4 is 10.1 Å². The van der Waals surface area contributed by atoms with Crippen LogP contribution >= 0.6 is 0 Å². The molecule has 2 rings (SSSR count). The Balaban J connectivity index is 2.05. The van der Waals surface area contributed by atoms with Gasteiger partial charge in [0, 0.05) is 37.7 Å². The van der Waals surface area contributed by atoms with Crippen LogP contribution in [0.25, 0.3) is 0 Å². The summed E-state index contributed by atoms with van der Waals surface area (Å²) in [6.45, 7) is 4.98. The fraction of sp³-hybridized carbons (Fsp3) is 0.562. The first-order chi connectivity index (χ1) is 9.51. The third-order valence-electron chi connectivity index (χ3n) is 3.97. The monoisotopic (exact) mass is 276 g/mol. The van der Waals surface area contributed by atoms with Gasteiger partial charge in [0.2, 0.25) is 5.91 Å². The van der Waals surface area contributed by atoms with Crippen molar-refractivity contribution < 1.29 is 9.53 Å². The number of nitrogens with zero attached hydrogens (tertiary/aromatic N) is 1. The Morgan fingerprint density at radius 2 is 2.20 bits per heavy atom. The third-order valence-corrected chi connectivity index (χ3v) is 3.97. The zero-order chi connectivity index (χ0) is 14.7. The van der Waals surface area contributed by atoms with Crippen molar-refractivity contribution >= 4 is 5.91 Å². The van der Waals surface area contributed by atoms with Gasteiger partial charge in [-0.1, -0.05) is 12.1 Å². The standard InChI is InChI=1S/C16H24N2O2/c1-11-5-7-14(15(9-11)20-4)12(2)17-13-6-8-16(19)18(3)10-13/h5,7,9,12-13,17H,6,8,10H2,1-4H3. The highest BCUT2D eigenvalue weighted by molar-refractivity contribution is 5.76. The molecule has 0 aliphatic carbocycles. The SMILES string of the molecule is COc1cc(C)ccc1C(C)NC1CCC(=O)N(C)C1. The molecule has 4 heteroatoms. The molecule has 4 nitrogen and oxygen atoms in total. The lowest BCUT2D eigenvalue weighted by Crippen LogP contribution is -2.47. The summed E-state index contributed by atoms with van der Waals surface area (Å²) in [5, 5.41) is 3.61. The van der Waals surface area contributed by atoms with E-state index in [1.807, 2.05) is 7.05 Å². The summed E-state index contributed by atoms with van der Waals surface area (Å²) in [6, 6.07) is 6.83. The van der Waals surface area contributed by atoms with E-state index in [0.29, 0.717) is 12.5 Å². The van der Waals surface area contributed by atoms with E-state index in [-0.39, 0.29) is 11.9 Å². The highest BCUT2D eigenvalue weighted by Crippen LogP contribution is 2.27. The number of benzene rings is 1. The van der Waals surface area contributed by atoms with E-state index in [1.54, 1.807) is 12.0 Å². The Morgan fingerprint density at radius 1 is 1.45 bits per heavy atom. The Labute approximate surface area is 121 Å². The molecule has 1 heterocycles. The van der Waals surface area contributed by atoms with Crippen LogP contribution in [0.5, 0.6) is 5.75 Å². The largest absolute Gasteiger partial charge is 0.496 e. The van der Waals surface area contributed by atoms with Gasteiger partial charge in [-0.05, 0) is 31.9 Å². The molecule has 0 bridgehead atoms. The highest BCUT2D eigenvalue weighted by Gasteiger charge is 2.24. The zero-order valence-electron chi connectivity index (χ0n) is 12.8. The van der Waals surface area contributed by atoms with Gasteiger partial charge in [0.15, 0.2) is 0 Å². The van der Waals surface area contributed by atoms with Crippen LogP contribution in [0, 0.1) is 6.92 Å². The Kier molecular flexibility index (Phi) is 4.65. The van der Waals surface area contributed by atoms with Crippen LogP contribution in [0.1, 0.15) is 36.9 Å². The molecule has 1 fully saturated rings. The van der Waals surface area contributed by atoms with Crippen LogP contribution in [0.2, 0.25) is 0 Å². The number of ether oxygens (including phenoxy) is 1. The zero-order valence-corrected chi connectivity index (χ0v) is 12.8. The van der Waals surface area contributed by atoms with Crippen molar-refractivity contribution in [1.29, 1.82) is 0 Å². The molecule has 0 saturated carbocycles. The van der Waals surface area contributed by atoms with Crippen molar-refractivity contribution in [2.45, 2.75) is 38.8 Å². The van der Waals surface area contributed by atoms with Gasteiger partial charge in [0.1, 0.15) is 5.75 Å². The lowest BCUT2D eigenvalue weighted by Gasteiger charge is -2.32. The minimum Gasteiger partial charge on any atom is -0.496 e. The van der Waals surface area contributed by atoms with E-state index >= 15 is 0 Å². The molecule has 1 N–H and O–H groups in total. The second-order valence-corrected chi connectivity index (χ2v) is 5.64. The molecule has 20 heavy (non-hydrogen) atoms. The van der Waals surface area contributed by atoms with E-state index in [1.165, 1.54) is 5.56 Å². The van der Waals surface area contributed by atoms with Gasteiger partial charge in [-0.25, -0.2) is 0 Å². The quantitative estimate of drug-likeness (QED) is 0.917. The van der Waals surface area contributed by atoms with Crippen LogP contribution in [0.3, 0.4) is 0 Å². The molecular formula is C16H24N2O2. The van der Waals surface area contributed by atoms with Gasteiger partial charge in [0.05, 0.1) is 7.11 Å².